The molecule has 1 fully saturated rings. The number of halogens is 4. The fourth-order valence-corrected chi connectivity index (χ4v) is 5.96. The van der Waals surface area contributed by atoms with Crippen molar-refractivity contribution < 1.29 is 14.3 Å². The van der Waals surface area contributed by atoms with Gasteiger partial charge in [0.25, 0.3) is 5.91 Å². The molecule has 0 unspecified atom stereocenters. The molecule has 35 heavy (non-hydrogen) atoms. The summed E-state index contributed by atoms with van der Waals surface area (Å²) in [4.78, 5) is 15.1. The largest absolute Gasteiger partial charge is 0.490 e. The molecule has 180 valence electrons. The van der Waals surface area contributed by atoms with E-state index in [4.69, 9.17) is 56.5 Å². The second-order valence-electron chi connectivity index (χ2n) is 7.28. The average Bonchev–Trinajstić information content (AvgIpc) is 3.08. The second-order valence-corrected chi connectivity index (χ2v) is 11.4. The third kappa shape index (κ3) is 6.26. The number of thioether (sulfide) groups is 1. The lowest BCUT2D eigenvalue weighted by Gasteiger charge is -2.16. The molecule has 1 amide bonds. The van der Waals surface area contributed by atoms with Gasteiger partial charge in [-0.3, -0.25) is 9.69 Å². The predicted molar refractivity (Wildman–Crippen MR) is 158 cm³/mol. The highest BCUT2D eigenvalue weighted by atomic mass is 127. The van der Waals surface area contributed by atoms with E-state index in [-0.39, 0.29) is 12.5 Å². The summed E-state index contributed by atoms with van der Waals surface area (Å²) in [7, 11) is 0. The molecule has 0 aliphatic carbocycles. The van der Waals surface area contributed by atoms with Gasteiger partial charge in [-0.15, -0.1) is 0 Å². The monoisotopic (exact) mass is 675 g/mol. The Balaban J connectivity index is 1.60. The van der Waals surface area contributed by atoms with E-state index in [0.717, 1.165) is 14.7 Å². The smallest absolute Gasteiger partial charge is 0.270 e. The van der Waals surface area contributed by atoms with Crippen molar-refractivity contribution in [3.8, 4) is 11.5 Å². The zero-order valence-corrected chi connectivity index (χ0v) is 24.2. The van der Waals surface area contributed by atoms with Crippen LogP contribution >= 0.6 is 81.4 Å². The van der Waals surface area contributed by atoms with E-state index in [1.54, 1.807) is 42.5 Å². The van der Waals surface area contributed by atoms with E-state index in [0.29, 0.717) is 48.1 Å². The maximum atomic E-state index is 13.1. The number of ether oxygens (including phenoxy) is 2. The summed E-state index contributed by atoms with van der Waals surface area (Å²) < 4.78 is 13.2. The summed E-state index contributed by atoms with van der Waals surface area (Å²) in [6, 6.07) is 16.0. The predicted octanol–water partition coefficient (Wildman–Crippen LogP) is 8.63. The number of hydrogen-bond acceptors (Lipinski definition) is 5. The molecule has 0 bridgehead atoms. The molecular weight excluding hydrogens is 660 g/mol. The van der Waals surface area contributed by atoms with Gasteiger partial charge >= 0.3 is 0 Å². The Morgan fingerprint density at radius 2 is 1.74 bits per heavy atom. The van der Waals surface area contributed by atoms with Gasteiger partial charge in [0.1, 0.15) is 6.61 Å². The standard InChI is InChI=1S/C25H17Cl3INO3S2/c1-2-32-21-10-14(9-20(29)23(21)33-13-15-3-4-17(27)12-19(15)28)11-22-24(31)30(25(34)35-22)18-7-5-16(26)6-8-18/h3-12H,2,13H2,1H3/b22-11-. The Morgan fingerprint density at radius 1 is 1.03 bits per heavy atom. The zero-order chi connectivity index (χ0) is 25.1. The third-order valence-corrected chi connectivity index (χ3v) is 7.84. The Morgan fingerprint density at radius 3 is 2.43 bits per heavy atom. The number of hydrogen-bond donors (Lipinski definition) is 0. The summed E-state index contributed by atoms with van der Waals surface area (Å²) in [5, 5.41) is 1.69. The molecule has 1 saturated heterocycles. The van der Waals surface area contributed by atoms with Gasteiger partial charge in [-0.05, 0) is 89.7 Å². The van der Waals surface area contributed by atoms with E-state index >= 15 is 0 Å². The summed E-state index contributed by atoms with van der Waals surface area (Å²) in [6.45, 7) is 2.61. The van der Waals surface area contributed by atoms with Crippen molar-refractivity contribution >= 4 is 103 Å². The first-order valence-electron chi connectivity index (χ1n) is 10.3. The molecule has 0 radical (unpaired) electrons. The van der Waals surface area contributed by atoms with Crippen molar-refractivity contribution in [1.82, 2.24) is 0 Å². The number of carbonyl (C=O) groups is 1. The lowest BCUT2D eigenvalue weighted by molar-refractivity contribution is -0.113. The Hall–Kier alpha value is -1.49. The van der Waals surface area contributed by atoms with Crippen LogP contribution in [-0.2, 0) is 11.4 Å². The first kappa shape index (κ1) is 26.6. The summed E-state index contributed by atoms with van der Waals surface area (Å²) in [5.41, 5.74) is 2.28. The van der Waals surface area contributed by atoms with E-state index in [9.17, 15) is 4.79 Å². The maximum Gasteiger partial charge on any atom is 0.270 e. The number of benzene rings is 3. The second kappa shape index (κ2) is 11.7. The highest BCUT2D eigenvalue weighted by Gasteiger charge is 2.33. The fourth-order valence-electron chi connectivity index (χ4n) is 3.29. The molecule has 1 aliphatic rings. The number of anilines is 1. The van der Waals surface area contributed by atoms with Crippen LogP contribution in [-0.4, -0.2) is 16.8 Å². The minimum absolute atomic E-state index is 0.187. The first-order valence-corrected chi connectivity index (χ1v) is 13.8. The van der Waals surface area contributed by atoms with Crippen molar-refractivity contribution in [3.63, 3.8) is 0 Å². The molecule has 0 saturated carbocycles. The molecule has 4 rings (SSSR count). The summed E-state index contributed by atoms with van der Waals surface area (Å²) in [6.07, 6.45) is 1.81. The van der Waals surface area contributed by atoms with Gasteiger partial charge in [-0.2, -0.15) is 0 Å². The van der Waals surface area contributed by atoms with E-state index in [1.807, 2.05) is 25.1 Å². The van der Waals surface area contributed by atoms with Crippen molar-refractivity contribution in [2.75, 3.05) is 11.5 Å². The lowest BCUT2D eigenvalue weighted by atomic mass is 10.1. The van der Waals surface area contributed by atoms with Gasteiger partial charge in [-0.25, -0.2) is 0 Å². The normalized spacial score (nSPS) is 14.7. The van der Waals surface area contributed by atoms with Crippen LogP contribution in [0.25, 0.3) is 6.08 Å². The highest BCUT2D eigenvalue weighted by molar-refractivity contribution is 14.1. The molecule has 3 aromatic rings. The molecular formula is C25H17Cl3INO3S2. The average molecular weight is 677 g/mol. The van der Waals surface area contributed by atoms with Crippen LogP contribution in [0.5, 0.6) is 11.5 Å². The van der Waals surface area contributed by atoms with Crippen LogP contribution in [0, 0.1) is 3.57 Å². The quantitative estimate of drug-likeness (QED) is 0.142. The topological polar surface area (TPSA) is 38.8 Å². The number of carbonyl (C=O) groups excluding carboxylic acids is 1. The van der Waals surface area contributed by atoms with Gasteiger partial charge in [0.05, 0.1) is 20.8 Å². The summed E-state index contributed by atoms with van der Waals surface area (Å²) in [5.74, 6) is 0.987. The number of rotatable bonds is 7. The van der Waals surface area contributed by atoms with Gasteiger partial charge in [0, 0.05) is 20.6 Å². The van der Waals surface area contributed by atoms with Crippen molar-refractivity contribution in [2.45, 2.75) is 13.5 Å². The number of thiocarbonyl (C=S) groups is 1. The molecule has 1 heterocycles. The molecule has 0 aromatic heterocycles. The van der Waals surface area contributed by atoms with Gasteiger partial charge in [-0.1, -0.05) is 64.8 Å². The molecule has 4 nitrogen and oxygen atoms in total. The fraction of sp³-hybridized carbons (Fsp3) is 0.120. The molecule has 0 N–H and O–H groups in total. The number of nitrogens with zero attached hydrogens (tertiary/aromatic N) is 1. The lowest BCUT2D eigenvalue weighted by Crippen LogP contribution is -2.27. The minimum Gasteiger partial charge on any atom is -0.490 e. The first-order chi connectivity index (χ1) is 16.8. The highest BCUT2D eigenvalue weighted by Crippen LogP contribution is 2.39. The van der Waals surface area contributed by atoms with Crippen LogP contribution < -0.4 is 14.4 Å². The van der Waals surface area contributed by atoms with Crippen molar-refractivity contribution in [3.05, 3.63) is 89.3 Å². The van der Waals surface area contributed by atoms with Gasteiger partial charge < -0.3 is 9.47 Å². The van der Waals surface area contributed by atoms with E-state index in [2.05, 4.69) is 22.6 Å². The number of amides is 1. The molecule has 0 spiro atoms. The van der Waals surface area contributed by atoms with Crippen LogP contribution in [0.1, 0.15) is 18.1 Å². The molecule has 3 aromatic carbocycles. The molecule has 10 heteroatoms. The summed E-state index contributed by atoms with van der Waals surface area (Å²) >= 11 is 27.2. The van der Waals surface area contributed by atoms with Crippen LogP contribution in [0.3, 0.4) is 0 Å². The Labute approximate surface area is 241 Å². The molecule has 1 aliphatic heterocycles. The zero-order valence-electron chi connectivity index (χ0n) is 18.2. The Bertz CT molecular complexity index is 1330. The van der Waals surface area contributed by atoms with Gasteiger partial charge in [0.15, 0.2) is 15.8 Å². The minimum atomic E-state index is -0.187. The molecule has 0 atom stereocenters. The van der Waals surface area contributed by atoms with Crippen molar-refractivity contribution in [1.29, 1.82) is 0 Å². The van der Waals surface area contributed by atoms with Crippen molar-refractivity contribution in [2.24, 2.45) is 0 Å². The van der Waals surface area contributed by atoms with Gasteiger partial charge in [0.2, 0.25) is 0 Å². The maximum absolute atomic E-state index is 13.1. The van der Waals surface area contributed by atoms with E-state index in [1.165, 1.54) is 16.7 Å². The van der Waals surface area contributed by atoms with Crippen LogP contribution in [0.15, 0.2) is 59.5 Å². The third-order valence-electron chi connectivity index (χ3n) is 4.90. The van der Waals surface area contributed by atoms with E-state index < -0.39 is 0 Å². The van der Waals surface area contributed by atoms with Crippen LogP contribution in [0.2, 0.25) is 15.1 Å². The van der Waals surface area contributed by atoms with Crippen LogP contribution in [0.4, 0.5) is 5.69 Å². The SMILES string of the molecule is CCOc1cc(/C=C2\SC(=S)N(c3ccc(Cl)cc3)C2=O)cc(I)c1OCc1ccc(Cl)cc1Cl. The Kier molecular flexibility index (Phi) is 8.89.